The van der Waals surface area contributed by atoms with Crippen LogP contribution in [0.25, 0.3) is 0 Å². The van der Waals surface area contributed by atoms with E-state index in [-0.39, 0.29) is 6.10 Å². The molecule has 1 rings (SSSR count). The highest BCUT2D eigenvalue weighted by Crippen LogP contribution is 2.14. The van der Waals surface area contributed by atoms with E-state index in [9.17, 15) is 0 Å². The molecule has 0 amide bonds. The summed E-state index contributed by atoms with van der Waals surface area (Å²) in [5.41, 5.74) is 0. The maximum atomic E-state index is 8.74. The third-order valence-corrected chi connectivity index (χ3v) is 4.58. The van der Waals surface area contributed by atoms with Crippen molar-refractivity contribution < 1.29 is 36.8 Å². The molecule has 8 nitrogen and oxygen atoms in total. The van der Waals surface area contributed by atoms with Crippen LogP contribution in [-0.4, -0.2) is 50.1 Å². The lowest BCUT2D eigenvalue weighted by atomic mass is 10.0. The van der Waals surface area contributed by atoms with Crippen molar-refractivity contribution in [3.8, 4) is 5.75 Å². The Labute approximate surface area is 199 Å². The predicted molar refractivity (Wildman–Crippen MR) is 130 cm³/mol. The van der Waals surface area contributed by atoms with Crippen LogP contribution in [-0.2, 0) is 24.9 Å². The summed E-state index contributed by atoms with van der Waals surface area (Å²) in [6, 6.07) is 9.91. The van der Waals surface area contributed by atoms with Gasteiger partial charge in [-0.05, 0) is 18.6 Å². The van der Waals surface area contributed by atoms with Crippen molar-refractivity contribution in [2.75, 3.05) is 26.4 Å². The topological polar surface area (TPSA) is 112 Å². The second-order valence-electron chi connectivity index (χ2n) is 7.55. The van der Waals surface area contributed by atoms with Crippen molar-refractivity contribution in [3.63, 3.8) is 0 Å². The molecular formula is C24H42O8S. The molecule has 0 saturated heterocycles. The van der Waals surface area contributed by atoms with Gasteiger partial charge in [-0.1, -0.05) is 76.1 Å². The molecule has 0 saturated carbocycles. The number of benzene rings is 1. The molecule has 192 valence electrons. The lowest BCUT2D eigenvalue weighted by Gasteiger charge is -2.18. The minimum atomic E-state index is -4.67. The Morgan fingerprint density at radius 2 is 1.52 bits per heavy atom. The van der Waals surface area contributed by atoms with E-state index in [1.165, 1.54) is 44.9 Å². The maximum Gasteiger partial charge on any atom is 0.394 e. The third kappa shape index (κ3) is 26.6. The van der Waals surface area contributed by atoms with Gasteiger partial charge < -0.3 is 9.47 Å². The summed E-state index contributed by atoms with van der Waals surface area (Å²) in [4.78, 5) is 10.2. The Hall–Kier alpha value is -1.49. The number of para-hydroxylation sites is 1. The van der Waals surface area contributed by atoms with Crippen LogP contribution in [0.2, 0.25) is 0 Å². The van der Waals surface area contributed by atoms with Crippen LogP contribution in [0.15, 0.2) is 43.0 Å². The van der Waals surface area contributed by atoms with Gasteiger partial charge in [0.05, 0.1) is 25.9 Å². The quantitative estimate of drug-likeness (QED) is 0.0769. The number of hydrogen-bond donors (Lipinski definition) is 2. The lowest BCUT2D eigenvalue weighted by molar-refractivity contribution is -0.289. The Balaban J connectivity index is 0.00000184. The van der Waals surface area contributed by atoms with Gasteiger partial charge in [-0.15, -0.1) is 6.58 Å². The largest absolute Gasteiger partial charge is 0.494 e. The zero-order valence-corrected chi connectivity index (χ0v) is 20.7. The number of rotatable bonds is 20. The molecule has 0 bridgehead atoms. The van der Waals surface area contributed by atoms with Crippen molar-refractivity contribution in [1.82, 2.24) is 0 Å². The zero-order valence-electron chi connectivity index (χ0n) is 19.9. The van der Waals surface area contributed by atoms with Gasteiger partial charge in [0.25, 0.3) is 0 Å². The first kappa shape index (κ1) is 31.5. The van der Waals surface area contributed by atoms with Crippen LogP contribution < -0.4 is 4.74 Å². The van der Waals surface area contributed by atoms with E-state index in [0.29, 0.717) is 26.4 Å². The standard InChI is InChI=1S/C24H40O4.H2O4S/c1-3-5-6-7-8-9-11-17-24(18-22-28-27-19-4-2)26-21-14-20-25-23-15-12-10-13-16-23;1-5(2,3)4/h4,10,12-13,15-16,24H,2-3,5-9,11,14,17-22H2,1H3;(H2,1,2,3,4). The summed E-state index contributed by atoms with van der Waals surface area (Å²) in [5, 5.41) is 0. The molecule has 0 aliphatic rings. The normalized spacial score (nSPS) is 12.0. The Morgan fingerprint density at radius 1 is 0.879 bits per heavy atom. The predicted octanol–water partition coefficient (Wildman–Crippen LogP) is 5.85. The van der Waals surface area contributed by atoms with Crippen LogP contribution in [0.1, 0.15) is 71.1 Å². The fourth-order valence-corrected chi connectivity index (χ4v) is 2.99. The highest BCUT2D eigenvalue weighted by molar-refractivity contribution is 7.79. The molecular weight excluding hydrogens is 448 g/mol. The van der Waals surface area contributed by atoms with E-state index in [1.807, 2.05) is 30.3 Å². The SMILES string of the molecule is C=CCOOCCC(CCCCCCCCC)OCCCOc1ccccc1.O=S(=O)(O)O. The van der Waals surface area contributed by atoms with Gasteiger partial charge in [-0.3, -0.25) is 9.11 Å². The van der Waals surface area contributed by atoms with Gasteiger partial charge in [0.1, 0.15) is 12.4 Å². The second-order valence-corrected chi connectivity index (χ2v) is 8.45. The summed E-state index contributed by atoms with van der Waals surface area (Å²) < 4.78 is 43.4. The average Bonchev–Trinajstić information content (AvgIpc) is 2.77. The highest BCUT2D eigenvalue weighted by atomic mass is 32.3. The van der Waals surface area contributed by atoms with Crippen LogP contribution >= 0.6 is 0 Å². The molecule has 0 heterocycles. The maximum absolute atomic E-state index is 8.74. The van der Waals surface area contributed by atoms with E-state index in [0.717, 1.165) is 25.0 Å². The number of hydrogen-bond acceptors (Lipinski definition) is 6. The fraction of sp³-hybridized carbons (Fsp3) is 0.667. The highest BCUT2D eigenvalue weighted by Gasteiger charge is 2.09. The van der Waals surface area contributed by atoms with Crippen LogP contribution in [0.3, 0.4) is 0 Å². The molecule has 0 radical (unpaired) electrons. The molecule has 2 N–H and O–H groups in total. The molecule has 0 aliphatic heterocycles. The van der Waals surface area contributed by atoms with E-state index in [2.05, 4.69) is 13.5 Å². The molecule has 0 spiro atoms. The van der Waals surface area contributed by atoms with Crippen molar-refractivity contribution in [2.24, 2.45) is 0 Å². The first-order valence-electron chi connectivity index (χ1n) is 11.7. The first-order valence-corrected chi connectivity index (χ1v) is 13.1. The summed E-state index contributed by atoms with van der Waals surface area (Å²) in [5.74, 6) is 0.912. The van der Waals surface area contributed by atoms with Gasteiger partial charge in [-0.2, -0.15) is 8.42 Å². The zero-order chi connectivity index (χ0) is 24.6. The van der Waals surface area contributed by atoms with Crippen LogP contribution in [0.5, 0.6) is 5.75 Å². The van der Waals surface area contributed by atoms with Crippen LogP contribution in [0, 0.1) is 0 Å². The van der Waals surface area contributed by atoms with Gasteiger partial charge in [0.2, 0.25) is 0 Å². The average molecular weight is 491 g/mol. The van der Waals surface area contributed by atoms with E-state index >= 15 is 0 Å². The summed E-state index contributed by atoms with van der Waals surface area (Å²) in [7, 11) is -4.67. The summed E-state index contributed by atoms with van der Waals surface area (Å²) in [6.07, 6.45) is 13.9. The molecule has 1 aromatic rings. The van der Waals surface area contributed by atoms with E-state index in [1.54, 1.807) is 6.08 Å². The van der Waals surface area contributed by atoms with E-state index in [4.69, 9.17) is 36.8 Å². The molecule has 0 aromatic heterocycles. The minimum Gasteiger partial charge on any atom is -0.494 e. The van der Waals surface area contributed by atoms with Crippen molar-refractivity contribution >= 4 is 10.4 Å². The number of unbranched alkanes of at least 4 members (excludes halogenated alkanes) is 6. The van der Waals surface area contributed by atoms with Crippen LogP contribution in [0.4, 0.5) is 0 Å². The first-order chi connectivity index (χ1) is 15.9. The number of ether oxygens (including phenoxy) is 2. The molecule has 33 heavy (non-hydrogen) atoms. The Kier molecular flexibility index (Phi) is 21.3. The molecule has 9 heteroatoms. The van der Waals surface area contributed by atoms with Crippen molar-refractivity contribution in [2.45, 2.75) is 77.2 Å². The van der Waals surface area contributed by atoms with E-state index < -0.39 is 10.4 Å². The van der Waals surface area contributed by atoms with Crippen molar-refractivity contribution in [1.29, 1.82) is 0 Å². The van der Waals surface area contributed by atoms with Crippen molar-refractivity contribution in [3.05, 3.63) is 43.0 Å². The molecule has 0 fully saturated rings. The van der Waals surface area contributed by atoms with Gasteiger partial charge in [0, 0.05) is 12.8 Å². The monoisotopic (exact) mass is 490 g/mol. The molecule has 1 unspecified atom stereocenters. The summed E-state index contributed by atoms with van der Waals surface area (Å²) in [6.45, 7) is 8.22. The fourth-order valence-electron chi connectivity index (χ4n) is 2.99. The minimum absolute atomic E-state index is 0.222. The Bertz CT molecular complexity index is 644. The Morgan fingerprint density at radius 3 is 2.15 bits per heavy atom. The van der Waals surface area contributed by atoms with Gasteiger partial charge in [-0.25, -0.2) is 9.78 Å². The van der Waals surface area contributed by atoms with Gasteiger partial charge in [0.15, 0.2) is 0 Å². The molecule has 1 aromatic carbocycles. The second kappa shape index (κ2) is 22.3. The van der Waals surface area contributed by atoms with Gasteiger partial charge >= 0.3 is 10.4 Å². The summed E-state index contributed by atoms with van der Waals surface area (Å²) >= 11 is 0. The third-order valence-electron chi connectivity index (χ3n) is 4.58. The molecule has 1 atom stereocenters. The molecule has 0 aliphatic carbocycles. The smallest absolute Gasteiger partial charge is 0.394 e. The lowest BCUT2D eigenvalue weighted by Crippen LogP contribution is -2.18.